The lowest BCUT2D eigenvalue weighted by molar-refractivity contribution is -1.66. The Morgan fingerprint density at radius 2 is 1.15 bits per heavy atom. The lowest BCUT2D eigenvalue weighted by atomic mass is 10.3. The fourth-order valence-corrected chi connectivity index (χ4v) is 4.40. The van der Waals surface area contributed by atoms with Crippen molar-refractivity contribution in [3.05, 3.63) is 0 Å². The van der Waals surface area contributed by atoms with Crippen molar-refractivity contribution in [2.45, 2.75) is 51.7 Å². The smallest absolute Gasteiger partial charge is 0.156 e. The maximum atomic E-state index is 6.60. The molecule has 0 bridgehead atoms. The van der Waals surface area contributed by atoms with E-state index in [1.54, 1.807) is 0 Å². The molecule has 34 heavy (non-hydrogen) atoms. The van der Waals surface area contributed by atoms with Gasteiger partial charge in [-0.3, -0.25) is 0 Å². The van der Waals surface area contributed by atoms with Gasteiger partial charge in [0.15, 0.2) is 26.2 Å². The molecule has 0 N–H and O–H groups in total. The van der Waals surface area contributed by atoms with Crippen LogP contribution in [0.15, 0.2) is 0 Å². The molecule has 12 heteroatoms. The first kappa shape index (κ1) is 28.1. The fraction of sp³-hybridized carbons (Fsp3) is 1.00. The van der Waals surface area contributed by atoms with Crippen molar-refractivity contribution in [3.63, 3.8) is 0 Å². The molecule has 0 spiro atoms. The second-order valence-electron chi connectivity index (χ2n) is 10.0. The molecule has 5 atom stereocenters. The largest absolute Gasteiger partial charge is 0.378 e. The molecule has 0 aromatic heterocycles. The second-order valence-corrected chi connectivity index (χ2v) is 10.0. The van der Waals surface area contributed by atoms with Crippen LogP contribution in [0, 0.1) is 0 Å². The van der Waals surface area contributed by atoms with Crippen LogP contribution in [0.4, 0.5) is 0 Å². The molecule has 0 aromatic rings. The van der Waals surface area contributed by atoms with Crippen LogP contribution < -0.4 is 0 Å². The van der Waals surface area contributed by atoms with Crippen molar-refractivity contribution in [1.82, 2.24) is 0 Å². The number of hydrogen-bond acceptors (Lipinski definition) is 8. The van der Waals surface area contributed by atoms with Gasteiger partial charge in [0.25, 0.3) is 0 Å². The monoisotopic (exact) mass is 496 g/mol. The minimum Gasteiger partial charge on any atom is -0.378 e. The average Bonchev–Trinajstić information content (AvgIpc) is 3.49. The van der Waals surface area contributed by atoms with E-state index in [2.05, 4.69) is 13.8 Å². The Hall–Kier alpha value is -0.480. The molecule has 0 amide bonds. The lowest BCUT2D eigenvalue weighted by Crippen LogP contribution is -2.72. The predicted octanol–water partition coefficient (Wildman–Crippen LogP) is 1.60. The van der Waals surface area contributed by atoms with Crippen LogP contribution in [0.2, 0.25) is 0 Å². The minimum absolute atomic E-state index is 0.0919. The van der Waals surface area contributed by atoms with E-state index in [9.17, 15) is 0 Å². The molecular weight excluding hydrogens is 448 g/mol. The molecular formula is C22H48N4O8+4. The normalized spacial score (nSPS) is 38.8. The highest BCUT2D eigenvalue weighted by Crippen LogP contribution is 2.31. The summed E-state index contributed by atoms with van der Waals surface area (Å²) in [6.07, 6.45) is 3.71. The van der Waals surface area contributed by atoms with Crippen molar-refractivity contribution in [1.29, 1.82) is 0 Å². The van der Waals surface area contributed by atoms with E-state index in [0.717, 1.165) is 32.3 Å². The standard InChI is InChI=1S/C22H48N4O8/c1-7-11-23(3)31-24(4,12-8-2)33-26(6,14-10-16-29-21-18-28-19-21)34-25(5,32-23)13-9-15-27-17-22-20-30-22/h21-22H,7-20H2,1-6H3/q+4. The van der Waals surface area contributed by atoms with E-state index in [4.69, 9.17) is 38.7 Å². The Kier molecular flexibility index (Phi) is 10.1. The third-order valence-corrected chi connectivity index (χ3v) is 5.87. The maximum Gasteiger partial charge on any atom is 0.156 e. The van der Waals surface area contributed by atoms with Crippen LogP contribution in [0.5, 0.6) is 0 Å². The highest BCUT2D eigenvalue weighted by molar-refractivity contribution is 4.67. The molecule has 3 saturated heterocycles. The summed E-state index contributed by atoms with van der Waals surface area (Å²) < 4.78 is 22.0. The topological polar surface area (TPSA) is 77.1 Å². The van der Waals surface area contributed by atoms with Crippen molar-refractivity contribution in [2.75, 3.05) is 94.0 Å². The lowest BCUT2D eigenvalue weighted by Gasteiger charge is -2.41. The van der Waals surface area contributed by atoms with Gasteiger partial charge in [0, 0.05) is 25.7 Å². The van der Waals surface area contributed by atoms with Crippen LogP contribution >= 0.6 is 0 Å². The minimum atomic E-state index is -0.139. The fourth-order valence-electron chi connectivity index (χ4n) is 4.40. The van der Waals surface area contributed by atoms with E-state index < -0.39 is 0 Å². The molecule has 3 aliphatic rings. The Morgan fingerprint density at radius 1 is 0.676 bits per heavy atom. The molecule has 3 aliphatic heterocycles. The predicted molar refractivity (Wildman–Crippen MR) is 119 cm³/mol. The van der Waals surface area contributed by atoms with Gasteiger partial charge in [-0.2, -0.15) is 0 Å². The zero-order chi connectivity index (χ0) is 24.7. The van der Waals surface area contributed by atoms with Crippen LogP contribution in [-0.4, -0.2) is 125 Å². The highest BCUT2D eigenvalue weighted by Gasteiger charge is 2.60. The van der Waals surface area contributed by atoms with Crippen molar-refractivity contribution in [3.8, 4) is 0 Å². The summed E-state index contributed by atoms with van der Waals surface area (Å²) in [5.41, 5.74) is 0. The number of ether oxygens (including phenoxy) is 4. The van der Waals surface area contributed by atoms with Gasteiger partial charge in [-0.05, 0) is 0 Å². The molecule has 3 heterocycles. The molecule has 12 nitrogen and oxygen atoms in total. The first-order chi connectivity index (χ1) is 16.1. The molecule has 0 aromatic carbocycles. The quantitative estimate of drug-likeness (QED) is 0.192. The van der Waals surface area contributed by atoms with Gasteiger partial charge in [0.2, 0.25) is 0 Å². The van der Waals surface area contributed by atoms with Crippen LogP contribution in [0.3, 0.4) is 0 Å². The molecule has 200 valence electrons. The zero-order valence-electron chi connectivity index (χ0n) is 22.1. The molecule has 0 radical (unpaired) electrons. The Balaban J connectivity index is 1.68. The number of epoxide rings is 1. The van der Waals surface area contributed by atoms with Gasteiger partial charge < -0.3 is 18.9 Å². The van der Waals surface area contributed by atoms with Crippen LogP contribution in [0.1, 0.15) is 39.5 Å². The zero-order valence-corrected chi connectivity index (χ0v) is 22.1. The number of quaternary nitrogens is 4. The Morgan fingerprint density at radius 3 is 1.56 bits per heavy atom. The average molecular weight is 497 g/mol. The second kappa shape index (κ2) is 12.2. The van der Waals surface area contributed by atoms with Gasteiger partial charge in [-0.1, -0.05) is 13.8 Å². The number of nitrogens with zero attached hydrogens (tertiary/aromatic N) is 4. The van der Waals surface area contributed by atoms with E-state index in [0.29, 0.717) is 59.2 Å². The van der Waals surface area contributed by atoms with E-state index >= 15 is 0 Å². The van der Waals surface area contributed by atoms with Crippen LogP contribution in [-0.2, 0) is 38.7 Å². The molecule has 3 rings (SSSR count). The summed E-state index contributed by atoms with van der Waals surface area (Å²) in [5.74, 6) is 0. The van der Waals surface area contributed by atoms with E-state index in [1.807, 2.05) is 28.2 Å². The third kappa shape index (κ3) is 8.87. The van der Waals surface area contributed by atoms with E-state index in [-0.39, 0.29) is 31.4 Å². The summed E-state index contributed by atoms with van der Waals surface area (Å²) in [4.78, 5) is 25.7. The molecule has 3 fully saturated rings. The number of hydrogen-bond donors (Lipinski definition) is 0. The third-order valence-electron chi connectivity index (χ3n) is 5.87. The maximum absolute atomic E-state index is 6.60. The van der Waals surface area contributed by atoms with Crippen molar-refractivity contribution >= 4 is 0 Å². The van der Waals surface area contributed by atoms with Gasteiger partial charge >= 0.3 is 0 Å². The van der Waals surface area contributed by atoms with E-state index in [1.165, 1.54) is 0 Å². The van der Waals surface area contributed by atoms with Gasteiger partial charge in [-0.15, -0.1) is 0 Å². The molecule has 0 saturated carbocycles. The highest BCUT2D eigenvalue weighted by atomic mass is 17.4. The number of rotatable bonds is 15. The van der Waals surface area contributed by atoms with Gasteiger partial charge in [0.1, 0.15) is 40.4 Å². The summed E-state index contributed by atoms with van der Waals surface area (Å²) in [6, 6.07) is 0. The SMILES string of the molecule is CCC[N+]1(C)O[N+](C)(CCC)O[N+](C)(CCCOC2COC2)O[N+](C)(CCCOCC2CO2)O1. The van der Waals surface area contributed by atoms with Crippen LogP contribution in [0.25, 0.3) is 0 Å². The molecule has 0 aliphatic carbocycles. The number of hydroxylamine groups is 16. The summed E-state index contributed by atoms with van der Waals surface area (Å²) in [5, 5.41) is 0. The van der Waals surface area contributed by atoms with Crippen molar-refractivity contribution in [2.24, 2.45) is 0 Å². The Labute approximate surface area is 204 Å². The van der Waals surface area contributed by atoms with Crippen molar-refractivity contribution < 1.29 is 57.9 Å². The summed E-state index contributed by atoms with van der Waals surface area (Å²) in [6.45, 7) is 10.6. The summed E-state index contributed by atoms with van der Waals surface area (Å²) >= 11 is 0. The summed E-state index contributed by atoms with van der Waals surface area (Å²) in [7, 11) is 7.61. The first-order valence-corrected chi connectivity index (χ1v) is 12.8. The van der Waals surface area contributed by atoms with Gasteiger partial charge in [0.05, 0.1) is 78.6 Å². The van der Waals surface area contributed by atoms with Gasteiger partial charge in [-0.25, -0.2) is 0 Å². The Bertz CT molecular complexity index is 628. The first-order valence-electron chi connectivity index (χ1n) is 12.8. The molecule has 5 unspecified atom stereocenters.